The van der Waals surface area contributed by atoms with Gasteiger partial charge in [0, 0.05) is 24.5 Å². The van der Waals surface area contributed by atoms with Crippen LogP contribution in [0.25, 0.3) is 0 Å². The van der Waals surface area contributed by atoms with Gasteiger partial charge in [0.05, 0.1) is 5.69 Å². The molecule has 0 aliphatic rings. The van der Waals surface area contributed by atoms with Gasteiger partial charge in [-0.15, -0.1) is 11.3 Å². The van der Waals surface area contributed by atoms with Crippen LogP contribution in [0.15, 0.2) is 0 Å². The van der Waals surface area contributed by atoms with Crippen LogP contribution in [0.1, 0.15) is 30.5 Å². The molecule has 0 spiro atoms. The zero-order valence-corrected chi connectivity index (χ0v) is 10.4. The third-order valence-electron chi connectivity index (χ3n) is 2.45. The number of thiazole rings is 1. The maximum Gasteiger partial charge on any atom is 0.185 e. The first-order chi connectivity index (χ1) is 6.60. The normalized spacial score (nSPS) is 12.9. The average Bonchev–Trinajstić information content (AvgIpc) is 2.58. The predicted octanol–water partition coefficient (Wildman–Crippen LogP) is 2.19. The van der Waals surface area contributed by atoms with Crippen LogP contribution in [0.3, 0.4) is 0 Å². The van der Waals surface area contributed by atoms with Crippen molar-refractivity contribution in [3.8, 4) is 0 Å². The third-order valence-corrected chi connectivity index (χ3v) is 3.90. The molecule has 0 amide bonds. The second-order valence-corrected chi connectivity index (χ2v) is 4.48. The molecular formula is C10H19N3S. The second kappa shape index (κ2) is 4.75. The predicted molar refractivity (Wildman–Crippen MR) is 63.3 cm³/mol. The van der Waals surface area contributed by atoms with Gasteiger partial charge in [-0.1, -0.05) is 0 Å². The molecule has 1 unspecified atom stereocenters. The number of hydrogen-bond acceptors (Lipinski definition) is 4. The van der Waals surface area contributed by atoms with Gasteiger partial charge in [-0.05, 0) is 27.8 Å². The standard InChI is InChI=1S/C10H19N3S/c1-6-13(5)10-12-8(3)9(14-10)7(2)11-4/h7,11H,6H2,1-5H3. The number of aryl methyl sites for hydroxylation is 1. The summed E-state index contributed by atoms with van der Waals surface area (Å²) in [6, 6.07) is 0.395. The van der Waals surface area contributed by atoms with Crippen LogP contribution in [-0.4, -0.2) is 25.6 Å². The van der Waals surface area contributed by atoms with E-state index < -0.39 is 0 Å². The molecule has 1 aromatic heterocycles. The average molecular weight is 213 g/mol. The van der Waals surface area contributed by atoms with Gasteiger partial charge in [-0.2, -0.15) is 0 Å². The van der Waals surface area contributed by atoms with Crippen molar-refractivity contribution in [3.05, 3.63) is 10.6 Å². The fraction of sp³-hybridized carbons (Fsp3) is 0.700. The van der Waals surface area contributed by atoms with Crippen LogP contribution >= 0.6 is 11.3 Å². The summed E-state index contributed by atoms with van der Waals surface area (Å²) in [5, 5.41) is 4.36. The van der Waals surface area contributed by atoms with Crippen molar-refractivity contribution in [1.29, 1.82) is 0 Å². The molecule has 0 aliphatic carbocycles. The van der Waals surface area contributed by atoms with E-state index in [9.17, 15) is 0 Å². The van der Waals surface area contributed by atoms with Crippen LogP contribution in [0, 0.1) is 6.92 Å². The van der Waals surface area contributed by atoms with Crippen LogP contribution in [0.4, 0.5) is 5.13 Å². The minimum absolute atomic E-state index is 0.395. The first-order valence-corrected chi connectivity index (χ1v) is 5.77. The van der Waals surface area contributed by atoms with Crippen molar-refractivity contribution in [1.82, 2.24) is 10.3 Å². The van der Waals surface area contributed by atoms with Crippen LogP contribution in [0.5, 0.6) is 0 Å². The molecule has 1 rings (SSSR count). The molecule has 0 fully saturated rings. The Morgan fingerprint density at radius 1 is 1.57 bits per heavy atom. The first-order valence-electron chi connectivity index (χ1n) is 4.95. The molecule has 0 saturated heterocycles. The molecule has 1 atom stereocenters. The largest absolute Gasteiger partial charge is 0.351 e. The number of nitrogens with one attached hydrogen (secondary N) is 1. The van der Waals surface area contributed by atoms with E-state index in [0.29, 0.717) is 6.04 Å². The first kappa shape index (κ1) is 11.5. The smallest absolute Gasteiger partial charge is 0.185 e. The van der Waals surface area contributed by atoms with Gasteiger partial charge in [-0.25, -0.2) is 4.98 Å². The summed E-state index contributed by atoms with van der Waals surface area (Å²) in [7, 11) is 4.05. The van der Waals surface area contributed by atoms with Gasteiger partial charge in [-0.3, -0.25) is 0 Å². The zero-order chi connectivity index (χ0) is 10.7. The van der Waals surface area contributed by atoms with E-state index >= 15 is 0 Å². The lowest BCUT2D eigenvalue weighted by Gasteiger charge is -2.11. The molecule has 0 bridgehead atoms. The number of nitrogens with zero attached hydrogens (tertiary/aromatic N) is 2. The molecule has 0 saturated carbocycles. The molecule has 0 aliphatic heterocycles. The van der Waals surface area contributed by atoms with Crippen molar-refractivity contribution >= 4 is 16.5 Å². The zero-order valence-electron chi connectivity index (χ0n) is 9.59. The quantitative estimate of drug-likeness (QED) is 0.831. The monoisotopic (exact) mass is 213 g/mol. The van der Waals surface area contributed by atoms with Gasteiger partial charge in [0.2, 0.25) is 0 Å². The maximum atomic E-state index is 4.55. The Morgan fingerprint density at radius 2 is 2.21 bits per heavy atom. The van der Waals surface area contributed by atoms with Gasteiger partial charge in [0.25, 0.3) is 0 Å². The molecule has 0 aromatic carbocycles. The Balaban J connectivity index is 2.92. The number of rotatable bonds is 4. The van der Waals surface area contributed by atoms with E-state index in [1.54, 1.807) is 11.3 Å². The third kappa shape index (κ3) is 2.25. The SMILES string of the molecule is CCN(C)c1nc(C)c(C(C)NC)s1. The van der Waals surface area contributed by atoms with Crippen molar-refractivity contribution in [2.45, 2.75) is 26.8 Å². The Labute approximate surface area is 90.2 Å². The van der Waals surface area contributed by atoms with Crippen LogP contribution < -0.4 is 10.2 Å². The molecule has 4 heteroatoms. The summed E-state index contributed by atoms with van der Waals surface area (Å²) in [5.74, 6) is 0. The van der Waals surface area contributed by atoms with E-state index in [1.165, 1.54) is 4.88 Å². The van der Waals surface area contributed by atoms with E-state index in [2.05, 4.69) is 43.0 Å². The van der Waals surface area contributed by atoms with Gasteiger partial charge < -0.3 is 10.2 Å². The minimum atomic E-state index is 0.395. The Bertz CT molecular complexity index is 296. The summed E-state index contributed by atoms with van der Waals surface area (Å²) in [6.07, 6.45) is 0. The molecule has 80 valence electrons. The van der Waals surface area contributed by atoms with E-state index in [1.807, 2.05) is 7.05 Å². The van der Waals surface area contributed by atoms with Crippen molar-refractivity contribution in [3.63, 3.8) is 0 Å². The van der Waals surface area contributed by atoms with Gasteiger partial charge >= 0.3 is 0 Å². The fourth-order valence-electron chi connectivity index (χ4n) is 1.22. The minimum Gasteiger partial charge on any atom is -0.351 e. The maximum absolute atomic E-state index is 4.55. The summed E-state index contributed by atoms with van der Waals surface area (Å²) in [6.45, 7) is 7.38. The highest BCUT2D eigenvalue weighted by molar-refractivity contribution is 7.15. The molecular weight excluding hydrogens is 194 g/mol. The fourth-order valence-corrected chi connectivity index (χ4v) is 2.38. The topological polar surface area (TPSA) is 28.2 Å². The number of aromatic nitrogens is 1. The summed E-state index contributed by atoms with van der Waals surface area (Å²) in [5.41, 5.74) is 1.15. The van der Waals surface area contributed by atoms with E-state index in [4.69, 9.17) is 0 Å². The van der Waals surface area contributed by atoms with Gasteiger partial charge in [0.15, 0.2) is 5.13 Å². The number of anilines is 1. The van der Waals surface area contributed by atoms with E-state index in [0.717, 1.165) is 17.4 Å². The van der Waals surface area contributed by atoms with Crippen molar-refractivity contribution in [2.75, 3.05) is 25.5 Å². The molecule has 0 radical (unpaired) electrons. The Morgan fingerprint density at radius 3 is 2.71 bits per heavy atom. The number of hydrogen-bond donors (Lipinski definition) is 1. The van der Waals surface area contributed by atoms with E-state index in [-0.39, 0.29) is 0 Å². The van der Waals surface area contributed by atoms with Crippen molar-refractivity contribution < 1.29 is 0 Å². The Hall–Kier alpha value is -0.610. The van der Waals surface area contributed by atoms with Gasteiger partial charge in [0.1, 0.15) is 0 Å². The van der Waals surface area contributed by atoms with Crippen LogP contribution in [-0.2, 0) is 0 Å². The Kier molecular flexibility index (Phi) is 3.89. The molecule has 14 heavy (non-hydrogen) atoms. The second-order valence-electron chi connectivity index (χ2n) is 3.47. The summed E-state index contributed by atoms with van der Waals surface area (Å²) >= 11 is 1.78. The highest BCUT2D eigenvalue weighted by atomic mass is 32.1. The van der Waals surface area contributed by atoms with Crippen LogP contribution in [0.2, 0.25) is 0 Å². The molecule has 1 N–H and O–H groups in total. The summed E-state index contributed by atoms with van der Waals surface area (Å²) < 4.78 is 0. The lowest BCUT2D eigenvalue weighted by atomic mass is 10.2. The molecule has 1 aromatic rings. The molecule has 3 nitrogen and oxygen atoms in total. The lowest BCUT2D eigenvalue weighted by Crippen LogP contribution is -2.15. The molecule has 1 heterocycles. The highest BCUT2D eigenvalue weighted by Gasteiger charge is 2.14. The highest BCUT2D eigenvalue weighted by Crippen LogP contribution is 2.29. The van der Waals surface area contributed by atoms with Crippen molar-refractivity contribution in [2.24, 2.45) is 0 Å². The summed E-state index contributed by atoms with van der Waals surface area (Å²) in [4.78, 5) is 8.06. The lowest BCUT2D eigenvalue weighted by molar-refractivity contribution is 0.658.